The number of anilines is 1. The van der Waals surface area contributed by atoms with Gasteiger partial charge in [0.1, 0.15) is 4.90 Å². The highest BCUT2D eigenvalue weighted by Crippen LogP contribution is 2.32. The van der Waals surface area contributed by atoms with Crippen LogP contribution in [0.3, 0.4) is 0 Å². The number of halogens is 1. The van der Waals surface area contributed by atoms with Crippen molar-refractivity contribution < 1.29 is 17.7 Å². The molecule has 32 heavy (non-hydrogen) atoms. The van der Waals surface area contributed by atoms with Gasteiger partial charge in [-0.25, -0.2) is 8.42 Å². The molecule has 1 unspecified atom stereocenters. The van der Waals surface area contributed by atoms with Crippen molar-refractivity contribution in [2.45, 2.75) is 31.6 Å². The molecule has 168 valence electrons. The maximum Gasteiger partial charge on any atom is 0.244 e. The molecule has 0 saturated carbocycles. The van der Waals surface area contributed by atoms with Crippen LogP contribution in [0.4, 0.5) is 5.69 Å². The van der Waals surface area contributed by atoms with Gasteiger partial charge in [-0.3, -0.25) is 4.79 Å². The summed E-state index contributed by atoms with van der Waals surface area (Å²) >= 11 is 6.27. The molecule has 2 heterocycles. The van der Waals surface area contributed by atoms with E-state index in [1.54, 1.807) is 13.0 Å². The van der Waals surface area contributed by atoms with Gasteiger partial charge in [0.15, 0.2) is 0 Å². The highest BCUT2D eigenvalue weighted by atomic mass is 35.5. The molecule has 3 aromatic rings. The van der Waals surface area contributed by atoms with Gasteiger partial charge in [-0.05, 0) is 49.6 Å². The Hall–Kier alpha value is -2.75. The maximum atomic E-state index is 13.4. The van der Waals surface area contributed by atoms with Crippen molar-refractivity contribution in [3.8, 4) is 11.4 Å². The van der Waals surface area contributed by atoms with E-state index in [-0.39, 0.29) is 28.2 Å². The number of aryl methyl sites for hydroxylation is 2. The normalized spacial score (nSPS) is 17.3. The standard InChI is InChI=1S/C22H23ClN4O4S/c1-14-6-3-4-8-19(14)25-22(28)17-7-5-11-27(13-17)32(29,30)20-12-16(9-10-18(20)23)21-24-15(2)31-26-21/h3-4,6,8-10,12,17H,5,7,11,13H2,1-2H3,(H,25,28). The van der Waals surface area contributed by atoms with Crippen LogP contribution in [-0.2, 0) is 14.8 Å². The number of carbonyl (C=O) groups excluding carboxylic acids is 1. The van der Waals surface area contributed by atoms with E-state index in [0.29, 0.717) is 30.8 Å². The van der Waals surface area contributed by atoms with Crippen LogP contribution in [0.15, 0.2) is 51.9 Å². The molecule has 1 N–H and O–H groups in total. The number of piperidine rings is 1. The second-order valence-electron chi connectivity index (χ2n) is 7.79. The number of aromatic nitrogens is 2. The minimum atomic E-state index is -3.93. The first-order valence-corrected chi connectivity index (χ1v) is 12.0. The summed E-state index contributed by atoms with van der Waals surface area (Å²) in [5.41, 5.74) is 2.15. The molecule has 1 atom stereocenters. The zero-order valence-electron chi connectivity index (χ0n) is 17.7. The molecular weight excluding hydrogens is 452 g/mol. The van der Waals surface area contributed by atoms with Crippen LogP contribution in [0.5, 0.6) is 0 Å². The van der Waals surface area contributed by atoms with Crippen LogP contribution in [0.2, 0.25) is 5.02 Å². The smallest absolute Gasteiger partial charge is 0.244 e. The molecule has 10 heteroatoms. The van der Waals surface area contributed by atoms with Crippen molar-refractivity contribution in [1.82, 2.24) is 14.4 Å². The fourth-order valence-electron chi connectivity index (χ4n) is 3.72. The highest BCUT2D eigenvalue weighted by molar-refractivity contribution is 7.89. The fourth-order valence-corrected chi connectivity index (χ4v) is 5.74. The van der Waals surface area contributed by atoms with E-state index in [1.165, 1.54) is 16.4 Å². The number of nitrogens with zero attached hydrogens (tertiary/aromatic N) is 3. The summed E-state index contributed by atoms with van der Waals surface area (Å²) in [4.78, 5) is 17.0. The van der Waals surface area contributed by atoms with Crippen LogP contribution in [0.25, 0.3) is 11.4 Å². The second kappa shape index (κ2) is 9.01. The maximum absolute atomic E-state index is 13.4. The Morgan fingerprint density at radius 1 is 1.22 bits per heavy atom. The summed E-state index contributed by atoms with van der Waals surface area (Å²) in [6.07, 6.45) is 1.19. The van der Waals surface area contributed by atoms with E-state index in [4.69, 9.17) is 16.1 Å². The van der Waals surface area contributed by atoms with Gasteiger partial charge in [-0.1, -0.05) is 35.0 Å². The summed E-state index contributed by atoms with van der Waals surface area (Å²) in [7, 11) is -3.93. The molecule has 0 bridgehead atoms. The predicted molar refractivity (Wildman–Crippen MR) is 121 cm³/mol. The van der Waals surface area contributed by atoms with E-state index in [2.05, 4.69) is 15.5 Å². The quantitative estimate of drug-likeness (QED) is 0.598. The number of hydrogen-bond donors (Lipinski definition) is 1. The Balaban J connectivity index is 1.56. The van der Waals surface area contributed by atoms with Crippen molar-refractivity contribution in [3.63, 3.8) is 0 Å². The van der Waals surface area contributed by atoms with Gasteiger partial charge in [0.25, 0.3) is 0 Å². The van der Waals surface area contributed by atoms with E-state index in [1.807, 2.05) is 31.2 Å². The third-order valence-electron chi connectivity index (χ3n) is 5.49. The lowest BCUT2D eigenvalue weighted by Gasteiger charge is -2.31. The largest absolute Gasteiger partial charge is 0.339 e. The number of carbonyl (C=O) groups is 1. The number of rotatable bonds is 5. The van der Waals surface area contributed by atoms with Crippen molar-refractivity contribution in [2.24, 2.45) is 5.92 Å². The molecule has 2 aromatic carbocycles. The van der Waals surface area contributed by atoms with Crippen LogP contribution < -0.4 is 5.32 Å². The van der Waals surface area contributed by atoms with Gasteiger partial charge >= 0.3 is 0 Å². The second-order valence-corrected chi connectivity index (χ2v) is 10.1. The zero-order chi connectivity index (χ0) is 22.9. The summed E-state index contributed by atoms with van der Waals surface area (Å²) in [6, 6.07) is 12.1. The third-order valence-corrected chi connectivity index (χ3v) is 7.84. The molecule has 4 rings (SSSR count). The van der Waals surface area contributed by atoms with Gasteiger partial charge < -0.3 is 9.84 Å². The minimum absolute atomic E-state index is 0.0425. The number of benzene rings is 2. The highest BCUT2D eigenvalue weighted by Gasteiger charge is 2.34. The van der Waals surface area contributed by atoms with E-state index in [9.17, 15) is 13.2 Å². The SMILES string of the molecule is Cc1nc(-c2ccc(Cl)c(S(=O)(=O)N3CCCC(C(=O)Nc4ccccc4C)C3)c2)no1. The lowest BCUT2D eigenvalue weighted by Crippen LogP contribution is -2.43. The lowest BCUT2D eigenvalue weighted by molar-refractivity contribution is -0.120. The Labute approximate surface area is 191 Å². The average Bonchev–Trinajstić information content (AvgIpc) is 3.22. The van der Waals surface area contributed by atoms with E-state index < -0.39 is 15.9 Å². The van der Waals surface area contributed by atoms with Crippen LogP contribution >= 0.6 is 11.6 Å². The number of para-hydroxylation sites is 1. The number of hydrogen-bond acceptors (Lipinski definition) is 6. The first-order valence-electron chi connectivity index (χ1n) is 10.2. The van der Waals surface area contributed by atoms with Crippen LogP contribution in [0, 0.1) is 19.8 Å². The molecule has 1 saturated heterocycles. The zero-order valence-corrected chi connectivity index (χ0v) is 19.3. The first-order chi connectivity index (χ1) is 15.3. The van der Waals surface area contributed by atoms with Crippen LogP contribution in [0.1, 0.15) is 24.3 Å². The summed E-state index contributed by atoms with van der Waals surface area (Å²) < 4.78 is 33.2. The summed E-state index contributed by atoms with van der Waals surface area (Å²) in [5.74, 6) is 0.00362. The molecule has 8 nitrogen and oxygen atoms in total. The Morgan fingerprint density at radius 2 is 2.00 bits per heavy atom. The van der Waals surface area contributed by atoms with Gasteiger partial charge in [-0.15, -0.1) is 0 Å². The minimum Gasteiger partial charge on any atom is -0.339 e. The lowest BCUT2D eigenvalue weighted by atomic mass is 9.98. The predicted octanol–water partition coefficient (Wildman–Crippen LogP) is 4.05. The van der Waals surface area contributed by atoms with Crippen molar-refractivity contribution >= 4 is 33.2 Å². The monoisotopic (exact) mass is 474 g/mol. The van der Waals surface area contributed by atoms with Gasteiger partial charge in [0.2, 0.25) is 27.6 Å². The van der Waals surface area contributed by atoms with E-state index >= 15 is 0 Å². The van der Waals surface area contributed by atoms with Gasteiger partial charge in [0, 0.05) is 31.3 Å². The molecule has 1 aliphatic heterocycles. The number of nitrogens with one attached hydrogen (secondary N) is 1. The Kier molecular flexibility index (Phi) is 6.32. The molecule has 1 aliphatic rings. The number of sulfonamides is 1. The van der Waals surface area contributed by atoms with Gasteiger partial charge in [0.05, 0.1) is 10.9 Å². The molecule has 1 amide bonds. The average molecular weight is 475 g/mol. The fraction of sp³-hybridized carbons (Fsp3) is 0.318. The molecule has 0 aliphatic carbocycles. The molecule has 1 aromatic heterocycles. The Morgan fingerprint density at radius 3 is 2.72 bits per heavy atom. The van der Waals surface area contributed by atoms with Crippen molar-refractivity contribution in [3.05, 3.63) is 58.9 Å². The molecular formula is C22H23ClN4O4S. The van der Waals surface area contributed by atoms with Gasteiger partial charge in [-0.2, -0.15) is 9.29 Å². The van der Waals surface area contributed by atoms with Crippen molar-refractivity contribution in [2.75, 3.05) is 18.4 Å². The van der Waals surface area contributed by atoms with Crippen LogP contribution in [-0.4, -0.2) is 41.9 Å². The molecule has 0 spiro atoms. The number of amides is 1. The summed E-state index contributed by atoms with van der Waals surface area (Å²) in [6.45, 7) is 3.97. The first kappa shape index (κ1) is 22.4. The van der Waals surface area contributed by atoms with Crippen molar-refractivity contribution in [1.29, 1.82) is 0 Å². The van der Waals surface area contributed by atoms with E-state index in [0.717, 1.165) is 11.3 Å². The topological polar surface area (TPSA) is 105 Å². The molecule has 1 fully saturated rings. The third kappa shape index (κ3) is 4.55. The molecule has 0 radical (unpaired) electrons. The summed E-state index contributed by atoms with van der Waals surface area (Å²) in [5, 5.41) is 6.86. The Bertz CT molecular complexity index is 1260.